The molecule has 1 aromatic rings. The number of nitrogens with one attached hydrogen (secondary N) is 3. The minimum absolute atomic E-state index is 0.0384. The van der Waals surface area contributed by atoms with Gasteiger partial charge in [-0.2, -0.15) is 0 Å². The molecular weight excluding hydrogens is 264 g/mol. The van der Waals surface area contributed by atoms with Gasteiger partial charge in [-0.3, -0.25) is 9.78 Å². The van der Waals surface area contributed by atoms with Gasteiger partial charge in [0.25, 0.3) is 0 Å². The molecule has 0 fully saturated rings. The van der Waals surface area contributed by atoms with Crippen molar-refractivity contribution < 1.29 is 19.5 Å². The third-order valence-corrected chi connectivity index (χ3v) is 2.22. The second-order valence-corrected chi connectivity index (χ2v) is 3.93. The molecule has 1 heterocycles. The summed E-state index contributed by atoms with van der Waals surface area (Å²) in [7, 11) is 0. The molecule has 0 spiro atoms. The van der Waals surface area contributed by atoms with Crippen molar-refractivity contribution in [1.29, 1.82) is 0 Å². The molecule has 0 bridgehead atoms. The smallest absolute Gasteiger partial charge is 0.337 e. The molecule has 108 valence electrons. The van der Waals surface area contributed by atoms with Crippen molar-refractivity contribution in [2.45, 2.75) is 13.3 Å². The average molecular weight is 280 g/mol. The molecule has 0 radical (unpaired) electrons. The normalized spacial score (nSPS) is 9.65. The van der Waals surface area contributed by atoms with Crippen molar-refractivity contribution in [1.82, 2.24) is 15.6 Å². The largest absolute Gasteiger partial charge is 0.478 e. The summed E-state index contributed by atoms with van der Waals surface area (Å²) >= 11 is 0. The number of aromatic carboxylic acids is 1. The maximum Gasteiger partial charge on any atom is 0.337 e. The summed E-state index contributed by atoms with van der Waals surface area (Å²) in [4.78, 5) is 37.2. The van der Waals surface area contributed by atoms with E-state index in [-0.39, 0.29) is 23.7 Å². The first kappa shape index (κ1) is 15.4. The lowest BCUT2D eigenvalue weighted by Gasteiger charge is -2.08. The number of carbonyl (C=O) groups excluding carboxylic acids is 2. The van der Waals surface area contributed by atoms with Crippen molar-refractivity contribution in [3.8, 4) is 0 Å². The van der Waals surface area contributed by atoms with E-state index in [2.05, 4.69) is 20.9 Å². The molecule has 0 aliphatic rings. The van der Waals surface area contributed by atoms with Crippen molar-refractivity contribution in [3.63, 3.8) is 0 Å². The average Bonchev–Trinajstić information content (AvgIpc) is 2.43. The predicted octanol–water partition coefficient (Wildman–Crippen LogP) is 0.427. The number of urea groups is 1. The fourth-order valence-corrected chi connectivity index (χ4v) is 1.29. The monoisotopic (exact) mass is 280 g/mol. The second kappa shape index (κ2) is 7.72. The highest BCUT2D eigenvalue weighted by atomic mass is 16.4. The summed E-state index contributed by atoms with van der Waals surface area (Å²) in [6, 6.07) is 0.660. The Labute approximate surface area is 115 Å². The molecule has 3 amide bonds. The van der Waals surface area contributed by atoms with Crippen LogP contribution in [0.1, 0.15) is 23.7 Å². The van der Waals surface area contributed by atoms with Gasteiger partial charge in [0.2, 0.25) is 5.91 Å². The predicted molar refractivity (Wildman–Crippen MR) is 71.5 cm³/mol. The van der Waals surface area contributed by atoms with Crippen LogP contribution in [0.3, 0.4) is 0 Å². The van der Waals surface area contributed by atoms with Crippen LogP contribution in [0, 0.1) is 0 Å². The number of carbonyl (C=O) groups is 3. The number of aromatic nitrogens is 1. The maximum absolute atomic E-state index is 11.5. The number of carboxylic acids is 1. The Hall–Kier alpha value is -2.64. The van der Waals surface area contributed by atoms with Gasteiger partial charge in [0.15, 0.2) is 0 Å². The molecule has 0 atom stereocenters. The molecule has 4 N–H and O–H groups in total. The highest BCUT2D eigenvalue weighted by Gasteiger charge is 2.08. The van der Waals surface area contributed by atoms with E-state index in [1.54, 1.807) is 0 Å². The highest BCUT2D eigenvalue weighted by Crippen LogP contribution is 2.07. The zero-order valence-electron chi connectivity index (χ0n) is 11.0. The van der Waals surface area contributed by atoms with E-state index in [4.69, 9.17) is 5.11 Å². The Bertz CT molecular complexity index is 504. The van der Waals surface area contributed by atoms with Gasteiger partial charge >= 0.3 is 12.0 Å². The third-order valence-electron chi connectivity index (χ3n) is 2.22. The number of pyridine rings is 1. The summed E-state index contributed by atoms with van der Waals surface area (Å²) in [5.74, 6) is -1.43. The van der Waals surface area contributed by atoms with Crippen LogP contribution in [0.15, 0.2) is 18.5 Å². The van der Waals surface area contributed by atoms with Gasteiger partial charge in [0.1, 0.15) is 0 Å². The number of nitrogens with zero attached hydrogens (tertiary/aromatic N) is 1. The molecule has 0 saturated carbocycles. The molecule has 0 aliphatic heterocycles. The quantitative estimate of drug-likeness (QED) is 0.602. The minimum atomic E-state index is -1.14. The number of hydrogen-bond donors (Lipinski definition) is 4. The number of hydrogen-bond acceptors (Lipinski definition) is 4. The lowest BCUT2D eigenvalue weighted by atomic mass is 10.3. The lowest BCUT2D eigenvalue weighted by Crippen LogP contribution is -2.39. The fourth-order valence-electron chi connectivity index (χ4n) is 1.29. The summed E-state index contributed by atoms with van der Waals surface area (Å²) in [5.41, 5.74) is 0.194. The van der Waals surface area contributed by atoms with E-state index in [0.717, 1.165) is 6.42 Å². The van der Waals surface area contributed by atoms with Crippen LogP contribution < -0.4 is 16.0 Å². The summed E-state index contributed by atoms with van der Waals surface area (Å²) in [6.07, 6.45) is 3.29. The van der Waals surface area contributed by atoms with Crippen LogP contribution >= 0.6 is 0 Å². The van der Waals surface area contributed by atoms with E-state index < -0.39 is 12.0 Å². The number of rotatable bonds is 6. The van der Waals surface area contributed by atoms with Gasteiger partial charge in [-0.05, 0) is 12.5 Å². The standard InChI is InChI=1S/C12H16N4O4/c1-2-3-14-10(17)7-15-12(20)16-9-4-8(11(18)19)5-13-6-9/h4-6H,2-3,7H2,1H3,(H,14,17)(H,18,19)(H2,15,16,20). The Morgan fingerprint density at radius 1 is 1.25 bits per heavy atom. The van der Waals surface area contributed by atoms with Crippen LogP contribution in [0.5, 0.6) is 0 Å². The van der Waals surface area contributed by atoms with Crippen LogP contribution in [0.25, 0.3) is 0 Å². The van der Waals surface area contributed by atoms with Crippen molar-refractivity contribution in [3.05, 3.63) is 24.0 Å². The Balaban J connectivity index is 2.44. The van der Waals surface area contributed by atoms with Crippen LogP contribution in [0.4, 0.5) is 10.5 Å². The van der Waals surface area contributed by atoms with Crippen LogP contribution in [-0.4, -0.2) is 41.1 Å². The van der Waals surface area contributed by atoms with Gasteiger partial charge in [-0.25, -0.2) is 9.59 Å². The zero-order chi connectivity index (χ0) is 15.0. The molecule has 0 saturated heterocycles. The van der Waals surface area contributed by atoms with Crippen LogP contribution in [-0.2, 0) is 4.79 Å². The molecule has 0 unspecified atom stereocenters. The van der Waals surface area contributed by atoms with Crippen molar-refractivity contribution >= 4 is 23.6 Å². The Morgan fingerprint density at radius 3 is 2.65 bits per heavy atom. The number of carboxylic acid groups (broad SMARTS) is 1. The highest BCUT2D eigenvalue weighted by molar-refractivity contribution is 5.94. The number of anilines is 1. The van der Waals surface area contributed by atoms with Gasteiger partial charge in [-0.15, -0.1) is 0 Å². The zero-order valence-corrected chi connectivity index (χ0v) is 11.0. The Kier molecular flexibility index (Phi) is 5.95. The third kappa shape index (κ3) is 5.34. The summed E-state index contributed by atoms with van der Waals surface area (Å²) < 4.78 is 0. The second-order valence-electron chi connectivity index (χ2n) is 3.93. The van der Waals surface area contributed by atoms with E-state index in [1.165, 1.54) is 18.5 Å². The first-order chi connectivity index (χ1) is 9.52. The van der Waals surface area contributed by atoms with Crippen LogP contribution in [0.2, 0.25) is 0 Å². The molecular formula is C12H16N4O4. The van der Waals surface area contributed by atoms with Crippen molar-refractivity contribution in [2.24, 2.45) is 0 Å². The van der Waals surface area contributed by atoms with Gasteiger partial charge in [-0.1, -0.05) is 6.92 Å². The SMILES string of the molecule is CCCNC(=O)CNC(=O)Nc1cncc(C(=O)O)c1. The molecule has 0 aromatic carbocycles. The van der Waals surface area contributed by atoms with E-state index in [9.17, 15) is 14.4 Å². The lowest BCUT2D eigenvalue weighted by molar-refractivity contribution is -0.120. The fraction of sp³-hybridized carbons (Fsp3) is 0.333. The molecule has 8 heteroatoms. The molecule has 1 aromatic heterocycles. The molecule has 8 nitrogen and oxygen atoms in total. The van der Waals surface area contributed by atoms with Crippen molar-refractivity contribution in [2.75, 3.05) is 18.4 Å². The van der Waals surface area contributed by atoms with Gasteiger partial charge in [0, 0.05) is 12.7 Å². The topological polar surface area (TPSA) is 120 Å². The van der Waals surface area contributed by atoms with E-state index >= 15 is 0 Å². The Morgan fingerprint density at radius 2 is 2.00 bits per heavy atom. The molecule has 1 rings (SSSR count). The summed E-state index contributed by atoms with van der Waals surface area (Å²) in [6.45, 7) is 2.31. The van der Waals surface area contributed by atoms with Gasteiger partial charge < -0.3 is 21.1 Å². The first-order valence-electron chi connectivity index (χ1n) is 6.02. The first-order valence-corrected chi connectivity index (χ1v) is 6.02. The molecule has 20 heavy (non-hydrogen) atoms. The number of amides is 3. The molecule has 0 aliphatic carbocycles. The maximum atomic E-state index is 11.5. The minimum Gasteiger partial charge on any atom is -0.478 e. The van der Waals surface area contributed by atoms with E-state index in [0.29, 0.717) is 6.54 Å². The van der Waals surface area contributed by atoms with Gasteiger partial charge in [0.05, 0.1) is 24.0 Å². The van der Waals surface area contributed by atoms with E-state index in [1.807, 2.05) is 6.92 Å². The summed E-state index contributed by atoms with van der Waals surface area (Å²) in [5, 5.41) is 16.1.